The number of alkyl carbamates (subject to hydrolysis) is 2. The third-order valence-electron chi connectivity index (χ3n) is 10.1. The fraction of sp³-hybridized carbons (Fsp3) is 0.478. The third-order valence-corrected chi connectivity index (χ3v) is 11.7. The Balaban J connectivity index is 0.000000189. The number of carbonyl (C=O) groups excluding carboxylic acids is 2. The molecule has 20 nitrogen and oxygen atoms in total. The number of anilines is 5. The van der Waals surface area contributed by atoms with Crippen LogP contribution in [0.2, 0.25) is 5.28 Å². The number of piperidine rings is 2. The molecule has 69 heavy (non-hydrogen) atoms. The zero-order chi connectivity index (χ0) is 49.7. The van der Waals surface area contributed by atoms with Gasteiger partial charge in [-0.3, -0.25) is 0 Å². The average Bonchev–Trinajstić information content (AvgIpc) is 3.99. The minimum absolute atomic E-state index is 0.0494. The van der Waals surface area contributed by atoms with Crippen LogP contribution in [0.15, 0.2) is 47.4 Å². The highest BCUT2D eigenvalue weighted by atomic mass is 35.5. The predicted octanol–water partition coefficient (Wildman–Crippen LogP) is 9.10. The maximum atomic E-state index is 12.2. The number of carbonyl (C=O) groups is 2. The Kier molecular flexibility index (Phi) is 18.0. The first-order valence-corrected chi connectivity index (χ1v) is 24.4. The van der Waals surface area contributed by atoms with Crippen LogP contribution in [0, 0.1) is 0 Å². The Bertz CT molecular complexity index is 2650. The summed E-state index contributed by atoms with van der Waals surface area (Å²) in [6.07, 6.45) is 3.20. The lowest BCUT2D eigenvalue weighted by Gasteiger charge is -2.33. The fourth-order valence-corrected chi connectivity index (χ4v) is 8.63. The molecule has 5 N–H and O–H groups in total. The molecule has 23 heteroatoms. The van der Waals surface area contributed by atoms with Gasteiger partial charge >= 0.3 is 12.2 Å². The van der Waals surface area contributed by atoms with Crippen LogP contribution < -0.4 is 50.4 Å². The van der Waals surface area contributed by atoms with Gasteiger partial charge in [0.15, 0.2) is 44.3 Å². The van der Waals surface area contributed by atoms with Crippen molar-refractivity contribution in [3.63, 3.8) is 0 Å². The van der Waals surface area contributed by atoms with Gasteiger partial charge in [-0.05, 0) is 110 Å². The number of benzene rings is 2. The molecule has 2 aliphatic heterocycles. The highest BCUT2D eigenvalue weighted by Crippen LogP contribution is 2.35. The first kappa shape index (κ1) is 52.1. The maximum absolute atomic E-state index is 12.2. The van der Waals surface area contributed by atoms with E-state index < -0.39 is 17.3 Å². The molecule has 0 spiro atoms. The van der Waals surface area contributed by atoms with Crippen molar-refractivity contribution < 1.29 is 38.0 Å². The van der Waals surface area contributed by atoms with E-state index in [0.717, 1.165) is 66.4 Å². The molecule has 372 valence electrons. The van der Waals surface area contributed by atoms with E-state index in [9.17, 15) is 9.59 Å². The van der Waals surface area contributed by atoms with E-state index in [1.165, 1.54) is 22.7 Å². The SMILES string of the molecule is CC(C)(C)OC(=O)NC1CCCNC1.COc1ccc(Nc2nc(Cl)nc3scnc23)cc1OC.COc1ccc(Nc2nc(N3CCCC(NC(=O)OC(C)(C)C)C3)nc3scnc23)cc1OC. The summed E-state index contributed by atoms with van der Waals surface area (Å²) in [7, 11) is 6.38. The lowest BCUT2D eigenvalue weighted by atomic mass is 10.1. The molecule has 8 rings (SSSR count). The number of rotatable bonds is 11. The molecule has 0 bridgehead atoms. The van der Waals surface area contributed by atoms with Crippen molar-refractivity contribution in [3.05, 3.63) is 52.7 Å². The van der Waals surface area contributed by atoms with Crippen molar-refractivity contribution in [1.82, 2.24) is 45.9 Å². The normalized spacial score (nSPS) is 15.9. The largest absolute Gasteiger partial charge is 0.493 e. The number of amides is 2. The number of ether oxygens (including phenoxy) is 6. The molecule has 0 radical (unpaired) electrons. The molecule has 4 aromatic heterocycles. The number of nitrogens with zero attached hydrogens (tertiary/aromatic N) is 7. The topological polar surface area (TPSA) is 230 Å². The monoisotopic (exact) mass is 1010 g/mol. The van der Waals surface area contributed by atoms with E-state index >= 15 is 0 Å². The lowest BCUT2D eigenvalue weighted by Crippen LogP contribution is -2.49. The van der Waals surface area contributed by atoms with Crippen LogP contribution in [0.1, 0.15) is 67.2 Å². The number of halogens is 1. The van der Waals surface area contributed by atoms with Gasteiger partial charge in [0.2, 0.25) is 11.2 Å². The Morgan fingerprint density at radius 3 is 1.70 bits per heavy atom. The van der Waals surface area contributed by atoms with Gasteiger partial charge < -0.3 is 59.9 Å². The highest BCUT2D eigenvalue weighted by molar-refractivity contribution is 7.16. The summed E-state index contributed by atoms with van der Waals surface area (Å²) in [5.74, 6) is 4.29. The number of aromatic nitrogens is 6. The van der Waals surface area contributed by atoms with Crippen LogP contribution in [-0.2, 0) is 9.47 Å². The Labute approximate surface area is 414 Å². The van der Waals surface area contributed by atoms with Gasteiger partial charge in [0.05, 0.1) is 39.5 Å². The van der Waals surface area contributed by atoms with Crippen LogP contribution in [0.5, 0.6) is 23.0 Å². The molecule has 2 fully saturated rings. The summed E-state index contributed by atoms with van der Waals surface area (Å²) in [4.78, 5) is 53.8. The molecule has 6 aromatic rings. The van der Waals surface area contributed by atoms with Crippen LogP contribution in [0.25, 0.3) is 20.7 Å². The summed E-state index contributed by atoms with van der Waals surface area (Å²) in [6, 6.07) is 11.2. The molecule has 6 heterocycles. The summed E-state index contributed by atoms with van der Waals surface area (Å²) < 4.78 is 31.8. The van der Waals surface area contributed by atoms with Crippen molar-refractivity contribution in [2.45, 2.75) is 90.5 Å². The average molecular weight is 1010 g/mol. The molecular weight excluding hydrogens is 948 g/mol. The van der Waals surface area contributed by atoms with Gasteiger partial charge in [-0.1, -0.05) is 0 Å². The zero-order valence-corrected chi connectivity index (χ0v) is 42.9. The van der Waals surface area contributed by atoms with E-state index in [2.05, 4.69) is 51.4 Å². The summed E-state index contributed by atoms with van der Waals surface area (Å²) in [6.45, 7) is 14.4. The quantitative estimate of drug-likeness (QED) is 0.0762. The predicted molar refractivity (Wildman–Crippen MR) is 271 cm³/mol. The van der Waals surface area contributed by atoms with Gasteiger partial charge in [0, 0.05) is 55.2 Å². The smallest absolute Gasteiger partial charge is 0.407 e. The number of hydrogen-bond donors (Lipinski definition) is 5. The molecule has 2 aliphatic rings. The number of thiazole rings is 2. The van der Waals surface area contributed by atoms with Gasteiger partial charge in [0.25, 0.3) is 0 Å². The first-order chi connectivity index (χ1) is 32.9. The zero-order valence-electron chi connectivity index (χ0n) is 40.5. The van der Waals surface area contributed by atoms with Gasteiger partial charge in [0.1, 0.15) is 22.2 Å². The van der Waals surface area contributed by atoms with Crippen molar-refractivity contribution in [1.29, 1.82) is 0 Å². The molecule has 0 saturated carbocycles. The molecule has 2 atom stereocenters. The Morgan fingerprint density at radius 1 is 0.681 bits per heavy atom. The standard InChI is InChI=1S/C23H30N6O4S.C13H11ClN4O2S.C10H20N2O2/c1-23(2,3)33-22(30)26-15-7-6-10-29(12-15)21-27-19(18-20(28-21)34-13-24-18)25-14-8-9-16(31-4)17(11-14)32-5;1-19-8-4-3-7(5-9(8)20-2)16-11-10-12(21-6-15-10)18-13(14)17-11;1-10(2,3)14-9(13)12-8-5-4-6-11-7-8/h8-9,11,13,15H,6-7,10,12H2,1-5H3,(H,26,30)(H,25,27,28);3-6H,1-2H3,(H,16,17,18);8,11H,4-7H2,1-3H3,(H,12,13). The fourth-order valence-electron chi connectivity index (χ4n) is 7.10. The summed E-state index contributed by atoms with van der Waals surface area (Å²) in [5, 5.41) is 15.8. The molecule has 2 unspecified atom stereocenters. The van der Waals surface area contributed by atoms with E-state index in [1.54, 1.807) is 39.5 Å². The minimum Gasteiger partial charge on any atom is -0.493 e. The van der Waals surface area contributed by atoms with Gasteiger partial charge in [-0.25, -0.2) is 24.5 Å². The summed E-state index contributed by atoms with van der Waals surface area (Å²) >= 11 is 8.79. The van der Waals surface area contributed by atoms with Crippen LogP contribution in [-0.4, -0.2) is 120 Å². The molecule has 2 aromatic carbocycles. The minimum atomic E-state index is -0.538. The van der Waals surface area contributed by atoms with Crippen molar-refractivity contribution in [2.75, 3.05) is 70.2 Å². The number of methoxy groups -OCH3 is 4. The van der Waals surface area contributed by atoms with E-state index in [-0.39, 0.29) is 23.5 Å². The van der Waals surface area contributed by atoms with Crippen molar-refractivity contribution >= 4 is 96.1 Å². The van der Waals surface area contributed by atoms with E-state index in [0.29, 0.717) is 58.2 Å². The number of hydrogen-bond acceptors (Lipinski definition) is 20. The Morgan fingerprint density at radius 2 is 1.19 bits per heavy atom. The Hall–Kier alpha value is -6.23. The van der Waals surface area contributed by atoms with Crippen LogP contribution >= 0.6 is 34.3 Å². The van der Waals surface area contributed by atoms with E-state index in [1.807, 2.05) is 77.9 Å². The second-order valence-electron chi connectivity index (χ2n) is 17.7. The van der Waals surface area contributed by atoms with Crippen molar-refractivity contribution in [3.8, 4) is 23.0 Å². The molecule has 0 aliphatic carbocycles. The van der Waals surface area contributed by atoms with Crippen molar-refractivity contribution in [2.24, 2.45) is 0 Å². The number of nitrogens with one attached hydrogen (secondary N) is 5. The van der Waals surface area contributed by atoms with E-state index in [4.69, 9.17) is 50.0 Å². The maximum Gasteiger partial charge on any atom is 0.407 e. The lowest BCUT2D eigenvalue weighted by molar-refractivity contribution is 0.0486. The molecular formula is C46H61ClN12O8S2. The van der Waals surface area contributed by atoms with Gasteiger partial charge in [-0.15, -0.1) is 22.7 Å². The second-order valence-corrected chi connectivity index (χ2v) is 19.7. The van der Waals surface area contributed by atoms with Crippen LogP contribution in [0.3, 0.4) is 0 Å². The van der Waals surface area contributed by atoms with Gasteiger partial charge in [-0.2, -0.15) is 15.0 Å². The molecule has 2 amide bonds. The van der Waals surface area contributed by atoms with Crippen LogP contribution in [0.4, 0.5) is 38.5 Å². The molecule has 2 saturated heterocycles. The summed E-state index contributed by atoms with van der Waals surface area (Å²) in [5.41, 5.74) is 5.47. The number of fused-ring (bicyclic) bond motifs is 2. The highest BCUT2D eigenvalue weighted by Gasteiger charge is 2.27. The second kappa shape index (κ2) is 23.9. The first-order valence-electron chi connectivity index (χ1n) is 22.2. The third kappa shape index (κ3) is 15.4.